The van der Waals surface area contributed by atoms with Gasteiger partial charge in [-0.25, -0.2) is 9.97 Å². The van der Waals surface area contributed by atoms with Crippen LogP contribution in [0.2, 0.25) is 0 Å². The van der Waals surface area contributed by atoms with Gasteiger partial charge in [0.05, 0.1) is 12.1 Å². The van der Waals surface area contributed by atoms with Crippen LogP contribution in [0.1, 0.15) is 22.8 Å². The first kappa shape index (κ1) is 18.7. The van der Waals surface area contributed by atoms with Crippen LogP contribution in [0.3, 0.4) is 0 Å². The Morgan fingerprint density at radius 1 is 1.07 bits per heavy atom. The largest absolute Gasteiger partial charge is 0.457 e. The maximum atomic E-state index is 12.3. The molecule has 0 radical (unpaired) electrons. The Bertz CT molecular complexity index is 1090. The lowest BCUT2D eigenvalue weighted by molar-refractivity contribution is -0.144. The van der Waals surface area contributed by atoms with Gasteiger partial charge in [0.2, 0.25) is 5.89 Å². The molecule has 0 aliphatic heterocycles. The fourth-order valence-electron chi connectivity index (χ4n) is 3.03. The molecule has 2 heterocycles. The van der Waals surface area contributed by atoms with Crippen molar-refractivity contribution in [3.05, 3.63) is 95.9 Å². The molecule has 0 aliphatic carbocycles. The summed E-state index contributed by atoms with van der Waals surface area (Å²) in [6, 6.07) is 19.7. The molecule has 0 saturated carbocycles. The third-order valence-electron chi connectivity index (χ3n) is 4.58. The third kappa shape index (κ3) is 4.60. The summed E-state index contributed by atoms with van der Waals surface area (Å²) < 4.78 is 13.1. The topological polar surface area (TPSA) is 70.2 Å². The smallest absolute Gasteiger partial charge is 0.312 e. The number of imidazole rings is 1. The average Bonchev–Trinajstić information content (AvgIpc) is 3.34. The van der Waals surface area contributed by atoms with Crippen molar-refractivity contribution in [1.29, 1.82) is 0 Å². The highest BCUT2D eigenvalue weighted by atomic mass is 16.5. The van der Waals surface area contributed by atoms with E-state index in [1.54, 1.807) is 13.1 Å². The van der Waals surface area contributed by atoms with Crippen LogP contribution >= 0.6 is 0 Å². The van der Waals surface area contributed by atoms with E-state index >= 15 is 0 Å². The van der Waals surface area contributed by atoms with Crippen molar-refractivity contribution in [1.82, 2.24) is 14.5 Å². The van der Waals surface area contributed by atoms with Crippen molar-refractivity contribution in [2.24, 2.45) is 0 Å². The van der Waals surface area contributed by atoms with Crippen molar-refractivity contribution < 1.29 is 13.9 Å². The Labute approximate surface area is 168 Å². The molecule has 29 heavy (non-hydrogen) atoms. The molecule has 4 aromatic rings. The molecule has 0 spiro atoms. The normalized spacial score (nSPS) is 10.8. The van der Waals surface area contributed by atoms with Gasteiger partial charge in [0.15, 0.2) is 0 Å². The first-order valence-corrected chi connectivity index (χ1v) is 9.40. The third-order valence-corrected chi connectivity index (χ3v) is 4.58. The molecule has 6 nitrogen and oxygen atoms in total. The van der Waals surface area contributed by atoms with Crippen molar-refractivity contribution in [2.45, 2.75) is 26.5 Å². The summed E-state index contributed by atoms with van der Waals surface area (Å²) in [6.07, 6.45) is 3.64. The van der Waals surface area contributed by atoms with Gasteiger partial charge in [-0.2, -0.15) is 0 Å². The van der Waals surface area contributed by atoms with Gasteiger partial charge in [-0.15, -0.1) is 0 Å². The SMILES string of the molecule is Cc1oc(-c2ccccc2)nc1CC(=O)OCc1nccn1Cc1ccccc1. The Morgan fingerprint density at radius 2 is 1.79 bits per heavy atom. The average molecular weight is 387 g/mol. The number of ether oxygens (including phenoxy) is 1. The molecule has 0 unspecified atom stereocenters. The molecular weight excluding hydrogens is 366 g/mol. The van der Waals surface area contributed by atoms with Crippen LogP contribution < -0.4 is 0 Å². The highest BCUT2D eigenvalue weighted by Crippen LogP contribution is 2.21. The van der Waals surface area contributed by atoms with E-state index in [2.05, 4.69) is 9.97 Å². The molecule has 2 aromatic heterocycles. The maximum absolute atomic E-state index is 12.3. The van der Waals surface area contributed by atoms with Gasteiger partial charge in [0.1, 0.15) is 18.2 Å². The second-order valence-electron chi connectivity index (χ2n) is 6.68. The van der Waals surface area contributed by atoms with E-state index in [1.807, 2.05) is 71.4 Å². The minimum atomic E-state index is -0.365. The van der Waals surface area contributed by atoms with E-state index in [0.717, 1.165) is 11.1 Å². The lowest BCUT2D eigenvalue weighted by atomic mass is 10.2. The molecule has 0 amide bonds. The van der Waals surface area contributed by atoms with Crippen molar-refractivity contribution in [3.63, 3.8) is 0 Å². The van der Waals surface area contributed by atoms with Crippen LogP contribution in [-0.2, 0) is 29.1 Å². The van der Waals surface area contributed by atoms with Crippen molar-refractivity contribution in [2.75, 3.05) is 0 Å². The Balaban J connectivity index is 1.37. The second-order valence-corrected chi connectivity index (χ2v) is 6.68. The molecular formula is C23H21N3O3. The molecule has 146 valence electrons. The number of benzene rings is 2. The molecule has 0 atom stereocenters. The zero-order chi connectivity index (χ0) is 20.1. The van der Waals surface area contributed by atoms with E-state index in [-0.39, 0.29) is 19.0 Å². The first-order chi connectivity index (χ1) is 14.2. The molecule has 2 aromatic carbocycles. The van der Waals surface area contributed by atoms with Gasteiger partial charge >= 0.3 is 5.97 Å². The van der Waals surface area contributed by atoms with Gasteiger partial charge in [-0.1, -0.05) is 48.5 Å². The summed E-state index contributed by atoms with van der Waals surface area (Å²) in [4.78, 5) is 21.1. The fraction of sp³-hybridized carbons (Fsp3) is 0.174. The lowest BCUT2D eigenvalue weighted by Gasteiger charge is -2.08. The Hall–Kier alpha value is -3.67. The number of oxazole rings is 1. The highest BCUT2D eigenvalue weighted by Gasteiger charge is 2.16. The van der Waals surface area contributed by atoms with E-state index in [1.165, 1.54) is 0 Å². The van der Waals surface area contributed by atoms with Crippen LogP contribution in [0.4, 0.5) is 0 Å². The first-order valence-electron chi connectivity index (χ1n) is 9.40. The summed E-state index contributed by atoms with van der Waals surface area (Å²) in [6.45, 7) is 2.59. The van der Waals surface area contributed by atoms with Crippen LogP contribution in [0.5, 0.6) is 0 Å². The number of esters is 1. The van der Waals surface area contributed by atoms with E-state index in [0.29, 0.717) is 29.7 Å². The van der Waals surface area contributed by atoms with Crippen LogP contribution in [0.25, 0.3) is 11.5 Å². The number of aryl methyl sites for hydroxylation is 1. The quantitative estimate of drug-likeness (QED) is 0.445. The van der Waals surface area contributed by atoms with Crippen molar-refractivity contribution >= 4 is 5.97 Å². The van der Waals surface area contributed by atoms with Gasteiger partial charge in [0.25, 0.3) is 0 Å². The van der Waals surface area contributed by atoms with Gasteiger partial charge in [-0.05, 0) is 24.6 Å². The Morgan fingerprint density at radius 3 is 2.55 bits per heavy atom. The predicted molar refractivity (Wildman–Crippen MR) is 108 cm³/mol. The number of carbonyl (C=O) groups is 1. The number of carbonyl (C=O) groups excluding carboxylic acids is 1. The zero-order valence-electron chi connectivity index (χ0n) is 16.1. The van der Waals surface area contributed by atoms with Crippen LogP contribution in [0, 0.1) is 6.92 Å². The number of aromatic nitrogens is 3. The van der Waals surface area contributed by atoms with Gasteiger partial charge in [0, 0.05) is 24.5 Å². The van der Waals surface area contributed by atoms with Crippen LogP contribution in [-0.4, -0.2) is 20.5 Å². The minimum absolute atomic E-state index is 0.0571. The molecule has 0 N–H and O–H groups in total. The van der Waals surface area contributed by atoms with E-state index < -0.39 is 0 Å². The van der Waals surface area contributed by atoms with Gasteiger partial charge < -0.3 is 13.7 Å². The monoisotopic (exact) mass is 387 g/mol. The zero-order valence-corrected chi connectivity index (χ0v) is 16.1. The van der Waals surface area contributed by atoms with Crippen molar-refractivity contribution in [3.8, 4) is 11.5 Å². The maximum Gasteiger partial charge on any atom is 0.312 e. The number of hydrogen-bond acceptors (Lipinski definition) is 5. The predicted octanol–water partition coefficient (Wildman–Crippen LogP) is 4.18. The number of hydrogen-bond donors (Lipinski definition) is 0. The Kier molecular flexibility index (Phi) is 5.52. The highest BCUT2D eigenvalue weighted by molar-refractivity contribution is 5.72. The summed E-state index contributed by atoms with van der Waals surface area (Å²) in [5, 5.41) is 0. The lowest BCUT2D eigenvalue weighted by Crippen LogP contribution is -2.12. The molecule has 6 heteroatoms. The summed E-state index contributed by atoms with van der Waals surface area (Å²) in [5.74, 6) is 1.45. The summed E-state index contributed by atoms with van der Waals surface area (Å²) in [7, 11) is 0. The number of nitrogens with zero attached hydrogens (tertiary/aromatic N) is 3. The summed E-state index contributed by atoms with van der Waals surface area (Å²) in [5.41, 5.74) is 2.62. The standard InChI is InChI=1S/C23H21N3O3/c1-17-20(25-23(29-17)19-10-6-3-7-11-19)14-22(27)28-16-21-24-12-13-26(21)15-18-8-4-2-5-9-18/h2-13H,14-16H2,1H3. The molecule has 0 aliphatic rings. The van der Waals surface area contributed by atoms with Crippen LogP contribution in [0.15, 0.2) is 77.5 Å². The number of rotatable bonds is 7. The molecule has 4 rings (SSSR count). The van der Waals surface area contributed by atoms with E-state index in [9.17, 15) is 4.79 Å². The van der Waals surface area contributed by atoms with Gasteiger partial charge in [-0.3, -0.25) is 4.79 Å². The molecule has 0 saturated heterocycles. The van der Waals surface area contributed by atoms with E-state index in [4.69, 9.17) is 9.15 Å². The molecule has 0 bridgehead atoms. The minimum Gasteiger partial charge on any atom is -0.457 e. The fourth-order valence-corrected chi connectivity index (χ4v) is 3.03. The second kappa shape index (κ2) is 8.56. The summed E-state index contributed by atoms with van der Waals surface area (Å²) >= 11 is 0. The molecule has 0 fully saturated rings.